The first-order valence-corrected chi connectivity index (χ1v) is 6.07. The number of nitrogens with one attached hydrogen (secondary N) is 1. The Labute approximate surface area is 97.4 Å². The smallest absolute Gasteiger partial charge is 0.320 e. The molecule has 0 radical (unpaired) electrons. The third kappa shape index (κ3) is 4.10. The first kappa shape index (κ1) is 13.5. The normalized spacial score (nSPS) is 24.6. The fraction of sp³-hybridized carbons (Fsp3) is 0.917. The third-order valence-corrected chi connectivity index (χ3v) is 3.14. The second-order valence-electron chi connectivity index (χ2n) is 5.10. The van der Waals surface area contributed by atoms with Crippen LogP contribution >= 0.6 is 0 Å². The van der Waals surface area contributed by atoms with Crippen molar-refractivity contribution in [2.75, 3.05) is 13.2 Å². The number of aliphatic carboxylic acids is 1. The van der Waals surface area contributed by atoms with Crippen LogP contribution in [0.4, 0.5) is 0 Å². The van der Waals surface area contributed by atoms with Crippen molar-refractivity contribution in [3.05, 3.63) is 0 Å². The van der Waals surface area contributed by atoms with E-state index in [2.05, 4.69) is 12.2 Å². The number of carboxylic acids is 1. The summed E-state index contributed by atoms with van der Waals surface area (Å²) in [5.74, 6) is 0.0918. The predicted octanol–water partition coefficient (Wildman–Crippen LogP) is 1.50. The minimum Gasteiger partial charge on any atom is -0.480 e. The van der Waals surface area contributed by atoms with Crippen LogP contribution in [0.25, 0.3) is 0 Å². The van der Waals surface area contributed by atoms with Gasteiger partial charge < -0.3 is 15.2 Å². The summed E-state index contributed by atoms with van der Waals surface area (Å²) in [5.41, 5.74) is 0. The highest BCUT2D eigenvalue weighted by molar-refractivity contribution is 5.73. The lowest BCUT2D eigenvalue weighted by Crippen LogP contribution is -2.46. The van der Waals surface area contributed by atoms with E-state index in [1.807, 2.05) is 13.8 Å². The van der Waals surface area contributed by atoms with Crippen LogP contribution in [0.5, 0.6) is 0 Å². The standard InChI is InChI=1S/C12H23NO3/c1-8(2)6-11(12(14)15)13-9(3)10-4-5-16-7-10/h8-11,13H,4-7H2,1-3H3,(H,14,15). The zero-order valence-corrected chi connectivity index (χ0v) is 10.4. The molecule has 1 heterocycles. The number of hydrogen-bond acceptors (Lipinski definition) is 3. The maximum Gasteiger partial charge on any atom is 0.320 e. The van der Waals surface area contributed by atoms with E-state index >= 15 is 0 Å². The van der Waals surface area contributed by atoms with Gasteiger partial charge in [-0.15, -0.1) is 0 Å². The molecular weight excluding hydrogens is 206 g/mol. The Kier molecular flexibility index (Phi) is 5.22. The third-order valence-electron chi connectivity index (χ3n) is 3.14. The highest BCUT2D eigenvalue weighted by atomic mass is 16.5. The second-order valence-corrected chi connectivity index (χ2v) is 5.10. The van der Waals surface area contributed by atoms with Crippen molar-refractivity contribution >= 4 is 5.97 Å². The summed E-state index contributed by atoms with van der Waals surface area (Å²) in [4.78, 5) is 11.1. The molecule has 0 aliphatic carbocycles. The minimum atomic E-state index is -0.750. The van der Waals surface area contributed by atoms with Crippen LogP contribution in [0.1, 0.15) is 33.6 Å². The van der Waals surface area contributed by atoms with Crippen molar-refractivity contribution in [2.45, 2.75) is 45.7 Å². The molecule has 3 atom stereocenters. The number of rotatable bonds is 6. The van der Waals surface area contributed by atoms with Gasteiger partial charge in [0.25, 0.3) is 0 Å². The molecule has 1 aliphatic rings. The Morgan fingerprint density at radius 3 is 2.62 bits per heavy atom. The molecule has 0 amide bonds. The van der Waals surface area contributed by atoms with Crippen LogP contribution in [-0.2, 0) is 9.53 Å². The molecule has 94 valence electrons. The predicted molar refractivity (Wildman–Crippen MR) is 62.4 cm³/mol. The van der Waals surface area contributed by atoms with Crippen molar-refractivity contribution in [2.24, 2.45) is 11.8 Å². The van der Waals surface area contributed by atoms with E-state index in [0.29, 0.717) is 18.3 Å². The summed E-state index contributed by atoms with van der Waals surface area (Å²) in [7, 11) is 0. The van der Waals surface area contributed by atoms with Crippen LogP contribution in [0.3, 0.4) is 0 Å². The van der Waals surface area contributed by atoms with Crippen LogP contribution in [0.2, 0.25) is 0 Å². The van der Waals surface area contributed by atoms with E-state index in [4.69, 9.17) is 9.84 Å². The number of ether oxygens (including phenoxy) is 1. The highest BCUT2D eigenvalue weighted by Crippen LogP contribution is 2.17. The van der Waals surface area contributed by atoms with E-state index in [-0.39, 0.29) is 6.04 Å². The molecule has 1 saturated heterocycles. The molecule has 1 aliphatic heterocycles. The van der Waals surface area contributed by atoms with E-state index in [9.17, 15) is 4.79 Å². The summed E-state index contributed by atoms with van der Waals surface area (Å²) in [5, 5.41) is 12.3. The van der Waals surface area contributed by atoms with Crippen molar-refractivity contribution in [1.29, 1.82) is 0 Å². The van der Waals surface area contributed by atoms with E-state index < -0.39 is 12.0 Å². The summed E-state index contributed by atoms with van der Waals surface area (Å²) < 4.78 is 5.31. The SMILES string of the molecule is CC(C)CC(NC(C)C1CCOC1)C(=O)O. The van der Waals surface area contributed by atoms with Gasteiger partial charge in [0.05, 0.1) is 6.61 Å². The zero-order valence-electron chi connectivity index (χ0n) is 10.4. The molecule has 4 heteroatoms. The van der Waals surface area contributed by atoms with Crippen molar-refractivity contribution in [3.63, 3.8) is 0 Å². The van der Waals surface area contributed by atoms with Crippen molar-refractivity contribution < 1.29 is 14.6 Å². The lowest BCUT2D eigenvalue weighted by atomic mass is 9.97. The largest absolute Gasteiger partial charge is 0.480 e. The van der Waals surface area contributed by atoms with Gasteiger partial charge in [-0.2, -0.15) is 0 Å². The molecular formula is C12H23NO3. The molecule has 0 bridgehead atoms. The van der Waals surface area contributed by atoms with E-state index in [1.54, 1.807) is 0 Å². The Morgan fingerprint density at radius 1 is 1.50 bits per heavy atom. The average Bonchev–Trinajstić information content (AvgIpc) is 2.68. The van der Waals surface area contributed by atoms with Gasteiger partial charge in [-0.3, -0.25) is 4.79 Å². The fourth-order valence-electron chi connectivity index (χ4n) is 2.11. The van der Waals surface area contributed by atoms with Crippen LogP contribution in [-0.4, -0.2) is 36.4 Å². The molecule has 1 rings (SSSR count). The summed E-state index contributed by atoms with van der Waals surface area (Å²) >= 11 is 0. The molecule has 0 aromatic rings. The average molecular weight is 229 g/mol. The Hall–Kier alpha value is -0.610. The van der Waals surface area contributed by atoms with Crippen LogP contribution < -0.4 is 5.32 Å². The van der Waals surface area contributed by atoms with Gasteiger partial charge in [-0.25, -0.2) is 0 Å². The van der Waals surface area contributed by atoms with E-state index in [0.717, 1.165) is 19.6 Å². The summed E-state index contributed by atoms with van der Waals surface area (Å²) in [6, 6.07) is -0.224. The van der Waals surface area contributed by atoms with Gasteiger partial charge in [0.1, 0.15) is 6.04 Å². The zero-order chi connectivity index (χ0) is 12.1. The Bertz CT molecular complexity index is 224. The molecule has 0 spiro atoms. The van der Waals surface area contributed by atoms with Gasteiger partial charge in [0.2, 0.25) is 0 Å². The quantitative estimate of drug-likeness (QED) is 0.724. The monoisotopic (exact) mass is 229 g/mol. The Balaban J connectivity index is 2.43. The molecule has 16 heavy (non-hydrogen) atoms. The lowest BCUT2D eigenvalue weighted by molar-refractivity contribution is -0.140. The second kappa shape index (κ2) is 6.21. The van der Waals surface area contributed by atoms with Crippen LogP contribution in [0.15, 0.2) is 0 Å². The fourth-order valence-corrected chi connectivity index (χ4v) is 2.11. The van der Waals surface area contributed by atoms with Crippen molar-refractivity contribution in [1.82, 2.24) is 5.32 Å². The molecule has 0 saturated carbocycles. The molecule has 2 N–H and O–H groups in total. The summed E-state index contributed by atoms with van der Waals surface area (Å²) in [6.45, 7) is 7.69. The van der Waals surface area contributed by atoms with Gasteiger partial charge in [0.15, 0.2) is 0 Å². The molecule has 4 nitrogen and oxygen atoms in total. The van der Waals surface area contributed by atoms with Gasteiger partial charge in [0, 0.05) is 12.6 Å². The maximum atomic E-state index is 11.1. The Morgan fingerprint density at radius 2 is 2.19 bits per heavy atom. The maximum absolute atomic E-state index is 11.1. The topological polar surface area (TPSA) is 58.6 Å². The van der Waals surface area contributed by atoms with Gasteiger partial charge in [-0.05, 0) is 31.6 Å². The van der Waals surface area contributed by atoms with E-state index in [1.165, 1.54) is 0 Å². The molecule has 3 unspecified atom stereocenters. The molecule has 1 fully saturated rings. The van der Waals surface area contributed by atoms with Gasteiger partial charge in [-0.1, -0.05) is 13.8 Å². The lowest BCUT2D eigenvalue weighted by Gasteiger charge is -2.25. The molecule has 0 aromatic carbocycles. The first-order chi connectivity index (χ1) is 7.50. The highest BCUT2D eigenvalue weighted by Gasteiger charge is 2.27. The number of hydrogen-bond donors (Lipinski definition) is 2. The number of carbonyl (C=O) groups is 1. The molecule has 0 aromatic heterocycles. The minimum absolute atomic E-state index is 0.211. The van der Waals surface area contributed by atoms with Gasteiger partial charge >= 0.3 is 5.97 Å². The van der Waals surface area contributed by atoms with Crippen molar-refractivity contribution in [3.8, 4) is 0 Å². The summed E-state index contributed by atoms with van der Waals surface area (Å²) in [6.07, 6.45) is 1.70. The number of carboxylic acid groups (broad SMARTS) is 1. The van der Waals surface area contributed by atoms with Crippen LogP contribution in [0, 0.1) is 11.8 Å². The first-order valence-electron chi connectivity index (χ1n) is 6.07.